The summed E-state index contributed by atoms with van der Waals surface area (Å²) in [6, 6.07) is 6.12. The fourth-order valence-electron chi connectivity index (χ4n) is 1.15. The van der Waals surface area contributed by atoms with E-state index in [2.05, 4.69) is 20.9 Å². The highest BCUT2D eigenvalue weighted by atomic mass is 79.9. The van der Waals surface area contributed by atoms with Crippen molar-refractivity contribution in [2.45, 2.75) is 0 Å². The van der Waals surface area contributed by atoms with Gasteiger partial charge in [-0.1, -0.05) is 0 Å². The van der Waals surface area contributed by atoms with Crippen molar-refractivity contribution in [1.82, 2.24) is 4.98 Å². The van der Waals surface area contributed by atoms with Gasteiger partial charge in [-0.15, -0.1) is 0 Å². The molecular formula is C11H8BrFN2O. The van der Waals surface area contributed by atoms with E-state index in [9.17, 15) is 4.39 Å². The maximum Gasteiger partial charge on any atom is 0.153 e. The SMILES string of the molecule is Nc1cnccc1Oc1ccc(Br)c(F)c1. The fraction of sp³-hybridized carbons (Fsp3) is 0. The second kappa shape index (κ2) is 4.49. The molecule has 0 radical (unpaired) electrons. The molecule has 3 nitrogen and oxygen atoms in total. The van der Waals surface area contributed by atoms with Gasteiger partial charge in [-0.05, 0) is 28.1 Å². The molecule has 0 saturated heterocycles. The molecule has 0 unspecified atom stereocenters. The van der Waals surface area contributed by atoms with Crippen LogP contribution in [0.4, 0.5) is 10.1 Å². The molecule has 0 fully saturated rings. The molecule has 2 rings (SSSR count). The van der Waals surface area contributed by atoms with Crippen LogP contribution in [-0.4, -0.2) is 4.98 Å². The number of nitrogens with two attached hydrogens (primary N) is 1. The molecule has 0 spiro atoms. The summed E-state index contributed by atoms with van der Waals surface area (Å²) in [4.78, 5) is 3.83. The average molecular weight is 283 g/mol. The summed E-state index contributed by atoms with van der Waals surface area (Å²) >= 11 is 3.06. The Kier molecular flexibility index (Phi) is 3.05. The summed E-state index contributed by atoms with van der Waals surface area (Å²) < 4.78 is 19.0. The van der Waals surface area contributed by atoms with Gasteiger partial charge in [0, 0.05) is 18.3 Å². The number of nitrogen functional groups attached to an aromatic ring is 1. The Morgan fingerprint density at radius 1 is 1.31 bits per heavy atom. The number of benzene rings is 1. The van der Waals surface area contributed by atoms with Gasteiger partial charge in [-0.3, -0.25) is 4.98 Å². The largest absolute Gasteiger partial charge is 0.455 e. The molecule has 0 saturated carbocycles. The lowest BCUT2D eigenvalue weighted by atomic mass is 10.3. The maximum atomic E-state index is 13.2. The highest BCUT2D eigenvalue weighted by molar-refractivity contribution is 9.10. The molecule has 0 atom stereocenters. The molecule has 0 aliphatic heterocycles. The van der Waals surface area contributed by atoms with E-state index in [-0.39, 0.29) is 5.82 Å². The van der Waals surface area contributed by atoms with Crippen LogP contribution in [0.1, 0.15) is 0 Å². The molecule has 82 valence electrons. The summed E-state index contributed by atoms with van der Waals surface area (Å²) in [5, 5.41) is 0. The zero-order chi connectivity index (χ0) is 11.5. The van der Waals surface area contributed by atoms with Gasteiger partial charge in [0.1, 0.15) is 11.6 Å². The third-order valence-corrected chi connectivity index (χ3v) is 2.57. The smallest absolute Gasteiger partial charge is 0.153 e. The quantitative estimate of drug-likeness (QED) is 0.919. The van der Waals surface area contributed by atoms with Crippen molar-refractivity contribution in [3.05, 3.63) is 46.9 Å². The molecule has 5 heteroatoms. The van der Waals surface area contributed by atoms with Crippen molar-refractivity contribution in [2.75, 3.05) is 5.73 Å². The minimum atomic E-state index is -0.384. The van der Waals surface area contributed by atoms with Gasteiger partial charge in [0.2, 0.25) is 0 Å². The molecule has 1 aromatic heterocycles. The monoisotopic (exact) mass is 282 g/mol. The summed E-state index contributed by atoms with van der Waals surface area (Å²) in [6.45, 7) is 0. The molecule has 0 aliphatic carbocycles. The molecule has 1 heterocycles. The first-order valence-corrected chi connectivity index (χ1v) is 5.28. The predicted molar refractivity (Wildman–Crippen MR) is 62.8 cm³/mol. The molecule has 2 N–H and O–H groups in total. The van der Waals surface area contributed by atoms with Crippen LogP contribution in [0.25, 0.3) is 0 Å². The molecule has 1 aromatic carbocycles. The van der Waals surface area contributed by atoms with Crippen LogP contribution in [-0.2, 0) is 0 Å². The molecule has 0 bridgehead atoms. The van der Waals surface area contributed by atoms with Crippen LogP contribution in [0.15, 0.2) is 41.1 Å². The minimum absolute atomic E-state index is 0.384. The third kappa shape index (κ3) is 2.30. The Bertz CT molecular complexity index is 519. The van der Waals surface area contributed by atoms with E-state index in [1.54, 1.807) is 24.4 Å². The molecule has 0 amide bonds. The first kappa shape index (κ1) is 10.9. The van der Waals surface area contributed by atoms with Crippen LogP contribution < -0.4 is 10.5 Å². The standard InChI is InChI=1S/C11H8BrFN2O/c12-8-2-1-7(5-9(8)13)16-11-3-4-15-6-10(11)14/h1-6H,14H2. The van der Waals surface area contributed by atoms with Gasteiger partial charge in [-0.25, -0.2) is 4.39 Å². The van der Waals surface area contributed by atoms with Crippen molar-refractivity contribution in [1.29, 1.82) is 0 Å². The van der Waals surface area contributed by atoms with Crippen LogP contribution in [0, 0.1) is 5.82 Å². The number of hydrogen-bond donors (Lipinski definition) is 1. The number of ether oxygens (including phenoxy) is 1. The van der Waals surface area contributed by atoms with Crippen molar-refractivity contribution in [2.24, 2.45) is 0 Å². The summed E-state index contributed by atoms with van der Waals surface area (Å²) in [5.41, 5.74) is 6.05. The normalized spacial score (nSPS) is 10.1. The summed E-state index contributed by atoms with van der Waals surface area (Å²) in [5.74, 6) is 0.459. The molecule has 2 aromatic rings. The van der Waals surface area contributed by atoms with Crippen molar-refractivity contribution in [3.8, 4) is 11.5 Å². The number of hydrogen-bond acceptors (Lipinski definition) is 3. The maximum absolute atomic E-state index is 13.2. The molecule has 16 heavy (non-hydrogen) atoms. The Balaban J connectivity index is 2.28. The minimum Gasteiger partial charge on any atom is -0.455 e. The lowest BCUT2D eigenvalue weighted by molar-refractivity contribution is 0.478. The highest BCUT2D eigenvalue weighted by Gasteiger charge is 2.04. The number of nitrogens with zero attached hydrogens (tertiary/aromatic N) is 1. The van der Waals surface area contributed by atoms with Crippen LogP contribution >= 0.6 is 15.9 Å². The van der Waals surface area contributed by atoms with E-state index in [0.717, 1.165) is 0 Å². The van der Waals surface area contributed by atoms with E-state index in [1.807, 2.05) is 0 Å². The first-order valence-electron chi connectivity index (χ1n) is 4.49. The molecular weight excluding hydrogens is 275 g/mol. The topological polar surface area (TPSA) is 48.1 Å². The Morgan fingerprint density at radius 3 is 2.81 bits per heavy atom. The van der Waals surface area contributed by atoms with Gasteiger partial charge < -0.3 is 10.5 Å². The van der Waals surface area contributed by atoms with Crippen LogP contribution in [0.3, 0.4) is 0 Å². The Morgan fingerprint density at radius 2 is 2.12 bits per heavy atom. The lowest BCUT2D eigenvalue weighted by Crippen LogP contribution is -1.93. The fourth-order valence-corrected chi connectivity index (χ4v) is 1.40. The zero-order valence-electron chi connectivity index (χ0n) is 8.15. The first-order chi connectivity index (χ1) is 7.66. The predicted octanol–water partition coefficient (Wildman–Crippen LogP) is 3.36. The third-order valence-electron chi connectivity index (χ3n) is 1.93. The van der Waals surface area contributed by atoms with Gasteiger partial charge >= 0.3 is 0 Å². The number of aromatic nitrogens is 1. The summed E-state index contributed by atoms with van der Waals surface area (Å²) in [7, 11) is 0. The summed E-state index contributed by atoms with van der Waals surface area (Å²) in [6.07, 6.45) is 3.03. The number of anilines is 1. The number of halogens is 2. The highest BCUT2D eigenvalue weighted by Crippen LogP contribution is 2.28. The average Bonchev–Trinajstić information content (AvgIpc) is 2.27. The Hall–Kier alpha value is -1.62. The van der Waals surface area contributed by atoms with E-state index in [4.69, 9.17) is 10.5 Å². The van der Waals surface area contributed by atoms with Crippen LogP contribution in [0.5, 0.6) is 11.5 Å². The van der Waals surface area contributed by atoms with Gasteiger partial charge in [0.15, 0.2) is 5.75 Å². The van der Waals surface area contributed by atoms with Crippen molar-refractivity contribution >= 4 is 21.6 Å². The second-order valence-electron chi connectivity index (χ2n) is 3.09. The lowest BCUT2D eigenvalue weighted by Gasteiger charge is -2.07. The van der Waals surface area contributed by atoms with E-state index in [1.165, 1.54) is 12.3 Å². The number of pyridine rings is 1. The van der Waals surface area contributed by atoms with Gasteiger partial charge in [0.25, 0.3) is 0 Å². The van der Waals surface area contributed by atoms with Gasteiger partial charge in [-0.2, -0.15) is 0 Å². The van der Waals surface area contributed by atoms with Crippen LogP contribution in [0.2, 0.25) is 0 Å². The van der Waals surface area contributed by atoms with E-state index < -0.39 is 0 Å². The van der Waals surface area contributed by atoms with Crippen molar-refractivity contribution < 1.29 is 9.13 Å². The van der Waals surface area contributed by atoms with E-state index in [0.29, 0.717) is 21.7 Å². The zero-order valence-corrected chi connectivity index (χ0v) is 9.74. The second-order valence-corrected chi connectivity index (χ2v) is 3.95. The molecule has 0 aliphatic rings. The van der Waals surface area contributed by atoms with Gasteiger partial charge in [0.05, 0.1) is 16.4 Å². The van der Waals surface area contributed by atoms with Crippen molar-refractivity contribution in [3.63, 3.8) is 0 Å². The Labute approximate surface area is 100 Å². The van der Waals surface area contributed by atoms with E-state index >= 15 is 0 Å². The number of rotatable bonds is 2.